The number of fused-ring (bicyclic) bond motifs is 1. The first kappa shape index (κ1) is 27.9. The molecule has 0 spiro atoms. The number of nitrogens with one attached hydrogen (secondary N) is 2. The molecule has 3 aromatic rings. The summed E-state index contributed by atoms with van der Waals surface area (Å²) >= 11 is 1.60. The van der Waals surface area contributed by atoms with Crippen molar-refractivity contribution in [2.24, 2.45) is 0 Å². The van der Waals surface area contributed by atoms with E-state index < -0.39 is 12.1 Å². The quantitative estimate of drug-likeness (QED) is 0.373. The van der Waals surface area contributed by atoms with Gasteiger partial charge in [0.2, 0.25) is 0 Å². The van der Waals surface area contributed by atoms with Crippen LogP contribution in [0.2, 0.25) is 0 Å². The number of hydrogen-bond donors (Lipinski definition) is 3. The van der Waals surface area contributed by atoms with Gasteiger partial charge in [0.1, 0.15) is 10.8 Å². The number of hydrogen-bond acceptors (Lipinski definition) is 7. The molecule has 9 heteroatoms. The number of ether oxygens (including phenoxy) is 1. The Kier molecular flexibility index (Phi) is 8.37. The van der Waals surface area contributed by atoms with Gasteiger partial charge in [0.05, 0.1) is 24.8 Å². The van der Waals surface area contributed by atoms with E-state index in [4.69, 9.17) is 4.74 Å². The Morgan fingerprint density at radius 1 is 1.20 bits per heavy atom. The van der Waals surface area contributed by atoms with Gasteiger partial charge in [0.15, 0.2) is 0 Å². The summed E-state index contributed by atoms with van der Waals surface area (Å²) in [5, 5.41) is 20.8. The molecular weight excluding hydrogens is 536 g/mol. The van der Waals surface area contributed by atoms with Gasteiger partial charge in [0, 0.05) is 40.4 Å². The second-order valence-electron chi connectivity index (χ2n) is 11.4. The summed E-state index contributed by atoms with van der Waals surface area (Å²) in [4.78, 5) is 34.5. The highest BCUT2D eigenvalue weighted by atomic mass is 32.1. The third-order valence-electron chi connectivity index (χ3n) is 8.50. The van der Waals surface area contributed by atoms with Gasteiger partial charge in [-0.25, -0.2) is 4.98 Å². The maximum absolute atomic E-state index is 14.1. The minimum absolute atomic E-state index is 0.0526. The fourth-order valence-electron chi connectivity index (χ4n) is 6.39. The van der Waals surface area contributed by atoms with E-state index in [9.17, 15) is 14.7 Å². The predicted molar refractivity (Wildman–Crippen MR) is 159 cm³/mol. The fourth-order valence-corrected chi connectivity index (χ4v) is 7.33. The molecule has 3 aliphatic heterocycles. The standard InChI is InChI=1S/C32H38N4O4S/c1-20-19-41-31(34-20)27-12-6-14-36(27)32(39)24-17-22(18-28-23(24)10-7-15-40-28)30(38)35-26(16-21-8-3-2-4-9-21)29(37)25-11-5-13-33-25/h2-4,8-9,17-19,25-27,29,33,37H,5-7,10-16H2,1H3,(H,35,38)/t25-,26-,27+,29+/m0/s1. The summed E-state index contributed by atoms with van der Waals surface area (Å²) in [6, 6.07) is 12.8. The molecular formula is C32H38N4O4S. The maximum Gasteiger partial charge on any atom is 0.254 e. The third kappa shape index (κ3) is 6.03. The van der Waals surface area contributed by atoms with Crippen LogP contribution >= 0.6 is 11.3 Å². The summed E-state index contributed by atoms with van der Waals surface area (Å²) in [6.45, 7) is 4.05. The molecule has 0 radical (unpaired) electrons. The normalized spacial score (nSPS) is 21.7. The van der Waals surface area contributed by atoms with Crippen molar-refractivity contribution in [3.8, 4) is 5.75 Å². The average Bonchev–Trinajstić information content (AvgIpc) is 3.78. The van der Waals surface area contributed by atoms with E-state index in [1.54, 1.807) is 23.5 Å². The Balaban J connectivity index is 1.29. The SMILES string of the molecule is Cc1csc([C@H]2CCCN2C(=O)c2cc(C(=O)N[C@@H](Cc3ccccc3)[C@H](O)[C@@H]3CCCN3)cc3c2CCCO3)n1. The van der Waals surface area contributed by atoms with Crippen LogP contribution in [-0.2, 0) is 12.8 Å². The number of thiazole rings is 1. The molecule has 2 aromatic carbocycles. The van der Waals surface area contributed by atoms with Crippen LogP contribution in [0.1, 0.15) is 80.7 Å². The van der Waals surface area contributed by atoms with Crippen LogP contribution in [0.15, 0.2) is 47.8 Å². The van der Waals surface area contributed by atoms with E-state index in [1.807, 2.05) is 47.5 Å². The number of aliphatic hydroxyl groups excluding tert-OH is 1. The molecule has 4 atom stereocenters. The van der Waals surface area contributed by atoms with Crippen LogP contribution < -0.4 is 15.4 Å². The fraction of sp³-hybridized carbons (Fsp3) is 0.469. The smallest absolute Gasteiger partial charge is 0.254 e. The number of aliphatic hydroxyl groups is 1. The minimum Gasteiger partial charge on any atom is -0.493 e. The minimum atomic E-state index is -0.747. The predicted octanol–water partition coefficient (Wildman–Crippen LogP) is 4.21. The highest BCUT2D eigenvalue weighted by Gasteiger charge is 2.36. The van der Waals surface area contributed by atoms with E-state index >= 15 is 0 Å². The lowest BCUT2D eigenvalue weighted by Crippen LogP contribution is -2.52. The second kappa shape index (κ2) is 12.3. The van der Waals surface area contributed by atoms with Crippen LogP contribution in [0.4, 0.5) is 0 Å². The Bertz CT molecular complexity index is 1390. The van der Waals surface area contributed by atoms with Crippen molar-refractivity contribution in [3.05, 3.63) is 80.8 Å². The van der Waals surface area contributed by atoms with Gasteiger partial charge < -0.3 is 25.4 Å². The van der Waals surface area contributed by atoms with Gasteiger partial charge >= 0.3 is 0 Å². The van der Waals surface area contributed by atoms with Gasteiger partial charge in [0.25, 0.3) is 11.8 Å². The molecule has 2 saturated heterocycles. The number of carbonyl (C=O) groups excluding carboxylic acids is 2. The monoisotopic (exact) mass is 574 g/mol. The Morgan fingerprint density at radius 3 is 2.80 bits per heavy atom. The van der Waals surface area contributed by atoms with Crippen molar-refractivity contribution in [2.75, 3.05) is 19.7 Å². The number of amides is 2. The molecule has 2 amide bonds. The van der Waals surface area contributed by atoms with Crippen LogP contribution in [0.3, 0.4) is 0 Å². The van der Waals surface area contributed by atoms with Gasteiger partial charge in [-0.1, -0.05) is 30.3 Å². The van der Waals surface area contributed by atoms with Gasteiger partial charge in [-0.2, -0.15) is 0 Å². The molecule has 4 heterocycles. The molecule has 216 valence electrons. The molecule has 2 fully saturated rings. The first-order valence-corrected chi connectivity index (χ1v) is 15.6. The number of likely N-dealkylation sites (tertiary alicyclic amines) is 1. The zero-order valence-corrected chi connectivity index (χ0v) is 24.3. The van der Waals surface area contributed by atoms with Crippen LogP contribution in [-0.4, -0.2) is 64.7 Å². The first-order valence-electron chi connectivity index (χ1n) is 14.8. The molecule has 3 N–H and O–H groups in total. The number of nitrogens with zero attached hydrogens (tertiary/aromatic N) is 2. The van der Waals surface area contributed by atoms with Crippen molar-refractivity contribution in [1.82, 2.24) is 20.5 Å². The largest absolute Gasteiger partial charge is 0.493 e. The lowest BCUT2D eigenvalue weighted by Gasteiger charge is -2.29. The number of rotatable bonds is 8. The summed E-state index contributed by atoms with van der Waals surface area (Å²) in [7, 11) is 0. The number of aromatic nitrogens is 1. The molecule has 8 nitrogen and oxygen atoms in total. The van der Waals surface area contributed by atoms with E-state index in [2.05, 4.69) is 15.6 Å². The summed E-state index contributed by atoms with van der Waals surface area (Å²) in [6.07, 6.45) is 4.98. The average molecular weight is 575 g/mol. The topological polar surface area (TPSA) is 104 Å². The molecule has 3 aliphatic rings. The number of benzene rings is 2. The van der Waals surface area contributed by atoms with E-state index in [0.717, 1.165) is 66.9 Å². The van der Waals surface area contributed by atoms with Gasteiger partial charge in [-0.15, -0.1) is 11.3 Å². The second-order valence-corrected chi connectivity index (χ2v) is 12.3. The summed E-state index contributed by atoms with van der Waals surface area (Å²) in [5.74, 6) is 0.209. The van der Waals surface area contributed by atoms with Crippen LogP contribution in [0.5, 0.6) is 5.75 Å². The maximum atomic E-state index is 14.1. The van der Waals surface area contributed by atoms with Gasteiger partial charge in [-0.05, 0) is 76.1 Å². The number of aryl methyl sites for hydroxylation is 1. The van der Waals surface area contributed by atoms with E-state index in [0.29, 0.717) is 36.4 Å². The molecule has 0 bridgehead atoms. The molecule has 0 saturated carbocycles. The van der Waals surface area contributed by atoms with Crippen molar-refractivity contribution in [1.29, 1.82) is 0 Å². The van der Waals surface area contributed by atoms with E-state index in [-0.39, 0.29) is 23.9 Å². The van der Waals surface area contributed by atoms with Crippen LogP contribution in [0, 0.1) is 6.92 Å². The summed E-state index contributed by atoms with van der Waals surface area (Å²) < 4.78 is 5.99. The summed E-state index contributed by atoms with van der Waals surface area (Å²) in [5.41, 5.74) is 3.78. The van der Waals surface area contributed by atoms with Crippen molar-refractivity contribution < 1.29 is 19.4 Å². The van der Waals surface area contributed by atoms with Crippen molar-refractivity contribution in [3.63, 3.8) is 0 Å². The van der Waals surface area contributed by atoms with Crippen LogP contribution in [0.25, 0.3) is 0 Å². The highest BCUT2D eigenvalue weighted by molar-refractivity contribution is 7.09. The number of carbonyl (C=O) groups is 2. The molecule has 6 rings (SSSR count). The third-order valence-corrected chi connectivity index (χ3v) is 9.57. The lowest BCUT2D eigenvalue weighted by molar-refractivity contribution is 0.0730. The Labute approximate surface area is 245 Å². The first-order chi connectivity index (χ1) is 20.0. The molecule has 0 unspecified atom stereocenters. The highest BCUT2D eigenvalue weighted by Crippen LogP contribution is 2.37. The Morgan fingerprint density at radius 2 is 2.05 bits per heavy atom. The van der Waals surface area contributed by atoms with Gasteiger partial charge in [-0.3, -0.25) is 9.59 Å². The molecule has 1 aromatic heterocycles. The van der Waals surface area contributed by atoms with Crippen molar-refractivity contribution >= 4 is 23.2 Å². The zero-order chi connectivity index (χ0) is 28.3. The zero-order valence-electron chi connectivity index (χ0n) is 23.5. The van der Waals surface area contributed by atoms with Crippen molar-refractivity contribution in [2.45, 2.75) is 76.1 Å². The van der Waals surface area contributed by atoms with E-state index in [1.165, 1.54) is 0 Å². The molecule has 41 heavy (non-hydrogen) atoms. The Hall–Kier alpha value is -3.27. The molecule has 0 aliphatic carbocycles. The lowest BCUT2D eigenvalue weighted by atomic mass is 9.93.